The van der Waals surface area contributed by atoms with E-state index in [1.165, 1.54) is 0 Å². The van der Waals surface area contributed by atoms with E-state index in [0.29, 0.717) is 0 Å². The van der Waals surface area contributed by atoms with Gasteiger partial charge in [-0.2, -0.15) is 0 Å². The van der Waals surface area contributed by atoms with Crippen LogP contribution >= 0.6 is 0 Å². The lowest BCUT2D eigenvalue weighted by atomic mass is 10.1. The van der Waals surface area contributed by atoms with Gasteiger partial charge in [0.1, 0.15) is 5.75 Å². The van der Waals surface area contributed by atoms with E-state index >= 15 is 0 Å². The van der Waals surface area contributed by atoms with Gasteiger partial charge in [0.05, 0.1) is 19.2 Å². The molecule has 0 heterocycles. The topological polar surface area (TPSA) is 64.4 Å². The molecular weight excluding hydrogens is 240 g/mol. The number of hydrogen-bond donors (Lipinski definition) is 2. The summed E-state index contributed by atoms with van der Waals surface area (Å²) < 4.78 is 5.29. The molecular formula is C15H24N2O2. The minimum atomic E-state index is -0.433. The molecule has 2 atom stereocenters. The number of methoxy groups -OCH3 is 1. The van der Waals surface area contributed by atoms with Gasteiger partial charge in [-0.25, -0.2) is 0 Å². The maximum absolute atomic E-state index is 12.0. The van der Waals surface area contributed by atoms with Crippen LogP contribution < -0.4 is 15.8 Å². The van der Waals surface area contributed by atoms with Crippen LogP contribution in [0.25, 0.3) is 0 Å². The molecule has 0 aromatic heterocycles. The molecule has 19 heavy (non-hydrogen) atoms. The van der Waals surface area contributed by atoms with Gasteiger partial charge < -0.3 is 15.8 Å². The van der Waals surface area contributed by atoms with E-state index in [4.69, 9.17) is 10.5 Å². The summed E-state index contributed by atoms with van der Waals surface area (Å²) in [6, 6.07) is 7.12. The number of nitrogens with two attached hydrogens (primary N) is 1. The number of unbranched alkanes of at least 4 members (excludes halogenated alkanes) is 1. The maximum Gasteiger partial charge on any atom is 0.237 e. The van der Waals surface area contributed by atoms with E-state index in [0.717, 1.165) is 30.6 Å². The fraction of sp³-hybridized carbons (Fsp3) is 0.533. The molecule has 1 unspecified atom stereocenters. The molecule has 106 valence electrons. The van der Waals surface area contributed by atoms with Gasteiger partial charge in [0.15, 0.2) is 0 Å². The Bertz CT molecular complexity index is 407. The first-order valence-corrected chi connectivity index (χ1v) is 6.79. The van der Waals surface area contributed by atoms with Gasteiger partial charge in [0.2, 0.25) is 5.91 Å². The van der Waals surface area contributed by atoms with Crippen molar-refractivity contribution in [3.05, 3.63) is 29.8 Å². The predicted octanol–water partition coefficient (Wildman–Crippen LogP) is 2.39. The molecule has 0 saturated heterocycles. The standard InChI is InChI=1S/C15H24N2O2/c1-4-5-9-13(16)15(18)17-11(2)12-8-6-7-10-14(12)19-3/h6-8,10-11,13H,4-5,9,16H2,1-3H3,(H,17,18)/t11?,13-/m0/s1. The summed E-state index contributed by atoms with van der Waals surface area (Å²) in [6.45, 7) is 4.02. The summed E-state index contributed by atoms with van der Waals surface area (Å²) in [7, 11) is 1.63. The van der Waals surface area contributed by atoms with Crippen molar-refractivity contribution in [3.8, 4) is 5.75 Å². The van der Waals surface area contributed by atoms with Crippen LogP contribution in [0.4, 0.5) is 0 Å². The van der Waals surface area contributed by atoms with Crippen molar-refractivity contribution in [2.75, 3.05) is 7.11 Å². The maximum atomic E-state index is 12.0. The number of carbonyl (C=O) groups excluding carboxylic acids is 1. The lowest BCUT2D eigenvalue weighted by Crippen LogP contribution is -2.41. The van der Waals surface area contributed by atoms with E-state index in [9.17, 15) is 4.79 Å². The van der Waals surface area contributed by atoms with Crippen LogP contribution in [-0.2, 0) is 4.79 Å². The Morgan fingerprint density at radius 1 is 1.42 bits per heavy atom. The first-order chi connectivity index (χ1) is 9.10. The Morgan fingerprint density at radius 3 is 2.74 bits per heavy atom. The summed E-state index contributed by atoms with van der Waals surface area (Å²) in [5, 5.41) is 2.94. The Balaban J connectivity index is 2.63. The van der Waals surface area contributed by atoms with Gasteiger partial charge in [-0.1, -0.05) is 38.0 Å². The lowest BCUT2D eigenvalue weighted by Gasteiger charge is -2.19. The molecule has 4 nitrogen and oxygen atoms in total. The Morgan fingerprint density at radius 2 is 2.11 bits per heavy atom. The molecule has 0 saturated carbocycles. The van der Waals surface area contributed by atoms with Crippen molar-refractivity contribution >= 4 is 5.91 Å². The molecule has 1 aromatic rings. The number of nitrogens with one attached hydrogen (secondary N) is 1. The van der Waals surface area contributed by atoms with E-state index in [2.05, 4.69) is 12.2 Å². The normalized spacial score (nSPS) is 13.7. The van der Waals surface area contributed by atoms with Crippen LogP contribution in [0.2, 0.25) is 0 Å². The zero-order valence-corrected chi connectivity index (χ0v) is 12.0. The SMILES string of the molecule is CCCC[C@H](N)C(=O)NC(C)c1ccccc1OC. The molecule has 3 N–H and O–H groups in total. The quantitative estimate of drug-likeness (QED) is 0.794. The molecule has 0 aliphatic rings. The number of amides is 1. The van der Waals surface area contributed by atoms with Crippen molar-refractivity contribution in [1.29, 1.82) is 0 Å². The van der Waals surface area contributed by atoms with Crippen LogP contribution in [0.15, 0.2) is 24.3 Å². The van der Waals surface area contributed by atoms with Gasteiger partial charge in [0.25, 0.3) is 0 Å². The number of ether oxygens (including phenoxy) is 1. The molecule has 0 bridgehead atoms. The van der Waals surface area contributed by atoms with E-state index in [-0.39, 0.29) is 11.9 Å². The first-order valence-electron chi connectivity index (χ1n) is 6.79. The number of hydrogen-bond acceptors (Lipinski definition) is 3. The van der Waals surface area contributed by atoms with Gasteiger partial charge in [-0.15, -0.1) is 0 Å². The summed E-state index contributed by atoms with van der Waals surface area (Å²) >= 11 is 0. The number of benzene rings is 1. The molecule has 1 rings (SSSR count). The second-order valence-electron chi connectivity index (χ2n) is 4.72. The summed E-state index contributed by atoms with van der Waals surface area (Å²) in [6.07, 6.45) is 2.74. The highest BCUT2D eigenvalue weighted by Gasteiger charge is 2.17. The van der Waals surface area contributed by atoms with Crippen LogP contribution in [0, 0.1) is 0 Å². The van der Waals surface area contributed by atoms with Gasteiger partial charge in [0, 0.05) is 5.56 Å². The molecule has 0 aliphatic heterocycles. The summed E-state index contributed by atoms with van der Waals surface area (Å²) in [5.74, 6) is 0.671. The molecule has 0 radical (unpaired) electrons. The fourth-order valence-corrected chi connectivity index (χ4v) is 1.98. The second kappa shape index (κ2) is 7.79. The zero-order chi connectivity index (χ0) is 14.3. The third-order valence-corrected chi connectivity index (χ3v) is 3.17. The predicted molar refractivity (Wildman–Crippen MR) is 77.1 cm³/mol. The minimum Gasteiger partial charge on any atom is -0.496 e. The highest BCUT2D eigenvalue weighted by molar-refractivity contribution is 5.81. The highest BCUT2D eigenvalue weighted by atomic mass is 16.5. The summed E-state index contributed by atoms with van der Waals surface area (Å²) in [5.41, 5.74) is 6.82. The molecule has 0 aliphatic carbocycles. The van der Waals surface area contributed by atoms with Crippen LogP contribution in [0.3, 0.4) is 0 Å². The average molecular weight is 264 g/mol. The number of para-hydroxylation sites is 1. The molecule has 0 fully saturated rings. The zero-order valence-electron chi connectivity index (χ0n) is 12.0. The van der Waals surface area contributed by atoms with Crippen LogP contribution in [0.5, 0.6) is 5.75 Å². The third kappa shape index (κ3) is 4.56. The third-order valence-electron chi connectivity index (χ3n) is 3.17. The molecule has 1 amide bonds. The largest absolute Gasteiger partial charge is 0.496 e. The van der Waals surface area contributed by atoms with Crippen molar-refractivity contribution < 1.29 is 9.53 Å². The van der Waals surface area contributed by atoms with E-state index in [1.807, 2.05) is 31.2 Å². The Hall–Kier alpha value is -1.55. The Labute approximate surface area is 115 Å². The van der Waals surface area contributed by atoms with Crippen molar-refractivity contribution in [1.82, 2.24) is 5.32 Å². The molecule has 0 spiro atoms. The first kappa shape index (κ1) is 15.5. The summed E-state index contributed by atoms with van der Waals surface area (Å²) in [4.78, 5) is 12.0. The van der Waals surface area contributed by atoms with Crippen LogP contribution in [0.1, 0.15) is 44.7 Å². The average Bonchev–Trinajstić information content (AvgIpc) is 2.44. The lowest BCUT2D eigenvalue weighted by molar-refractivity contribution is -0.123. The smallest absolute Gasteiger partial charge is 0.237 e. The molecule has 4 heteroatoms. The monoisotopic (exact) mass is 264 g/mol. The number of rotatable bonds is 7. The molecule has 1 aromatic carbocycles. The Kier molecular flexibility index (Phi) is 6.36. The fourth-order valence-electron chi connectivity index (χ4n) is 1.98. The van der Waals surface area contributed by atoms with Gasteiger partial charge >= 0.3 is 0 Å². The van der Waals surface area contributed by atoms with Crippen molar-refractivity contribution in [2.24, 2.45) is 5.73 Å². The van der Waals surface area contributed by atoms with Crippen LogP contribution in [-0.4, -0.2) is 19.1 Å². The van der Waals surface area contributed by atoms with Crippen molar-refractivity contribution in [2.45, 2.75) is 45.2 Å². The van der Waals surface area contributed by atoms with Gasteiger partial charge in [-0.05, 0) is 19.4 Å². The minimum absolute atomic E-state index is 0.105. The number of carbonyl (C=O) groups is 1. The van der Waals surface area contributed by atoms with E-state index in [1.54, 1.807) is 7.11 Å². The second-order valence-corrected chi connectivity index (χ2v) is 4.72. The van der Waals surface area contributed by atoms with Crippen molar-refractivity contribution in [3.63, 3.8) is 0 Å². The van der Waals surface area contributed by atoms with Gasteiger partial charge in [-0.3, -0.25) is 4.79 Å². The highest BCUT2D eigenvalue weighted by Crippen LogP contribution is 2.24. The van der Waals surface area contributed by atoms with E-state index < -0.39 is 6.04 Å².